The van der Waals surface area contributed by atoms with Crippen LogP contribution in [0.4, 0.5) is 0 Å². The van der Waals surface area contributed by atoms with E-state index in [4.69, 9.17) is 0 Å². The summed E-state index contributed by atoms with van der Waals surface area (Å²) in [6.07, 6.45) is 7.97. The van der Waals surface area contributed by atoms with E-state index in [2.05, 4.69) is 41.0 Å². The van der Waals surface area contributed by atoms with Gasteiger partial charge in [0, 0.05) is 26.7 Å². The van der Waals surface area contributed by atoms with Crippen LogP contribution >= 0.6 is 0 Å². The predicted molar refractivity (Wildman–Crippen MR) is 100.0 cm³/mol. The molecule has 1 atom stereocenters. The van der Waals surface area contributed by atoms with Crippen LogP contribution in [-0.4, -0.2) is 62.6 Å². The maximum absolute atomic E-state index is 4.53. The zero-order chi connectivity index (χ0) is 16.7. The largest absolute Gasteiger partial charge is 0.356 e. The Labute approximate surface area is 143 Å². The molecule has 0 aromatic heterocycles. The quantitative estimate of drug-likeness (QED) is 0.602. The Kier molecular flexibility index (Phi) is 7.68. The van der Waals surface area contributed by atoms with Gasteiger partial charge in [-0.25, -0.2) is 0 Å². The lowest BCUT2D eigenvalue weighted by Gasteiger charge is -2.29. The Morgan fingerprint density at radius 2 is 1.83 bits per heavy atom. The van der Waals surface area contributed by atoms with Gasteiger partial charge in [0.15, 0.2) is 5.96 Å². The predicted octanol–water partition coefficient (Wildman–Crippen LogP) is 3.05. The summed E-state index contributed by atoms with van der Waals surface area (Å²) >= 11 is 0. The molecule has 23 heavy (non-hydrogen) atoms. The molecule has 0 radical (unpaired) electrons. The number of hydrogen-bond donors (Lipinski definition) is 1. The molecule has 0 aromatic rings. The second kappa shape index (κ2) is 9.51. The molecule has 4 heteroatoms. The number of hydrogen-bond acceptors (Lipinski definition) is 2. The van der Waals surface area contributed by atoms with Crippen molar-refractivity contribution in [2.75, 3.05) is 46.8 Å². The van der Waals surface area contributed by atoms with E-state index in [1.54, 1.807) is 0 Å². The first kappa shape index (κ1) is 18.6. The zero-order valence-electron chi connectivity index (χ0n) is 15.9. The van der Waals surface area contributed by atoms with Crippen molar-refractivity contribution in [3.05, 3.63) is 0 Å². The normalized spacial score (nSPS) is 24.7. The summed E-state index contributed by atoms with van der Waals surface area (Å²) in [6.45, 7) is 10.7. The summed E-state index contributed by atoms with van der Waals surface area (Å²) in [5.74, 6) is 3.77. The molecule has 2 heterocycles. The average Bonchev–Trinajstić information content (AvgIpc) is 3.04. The highest BCUT2D eigenvalue weighted by Crippen LogP contribution is 2.28. The van der Waals surface area contributed by atoms with Crippen LogP contribution in [0.25, 0.3) is 0 Å². The molecule has 0 aliphatic carbocycles. The van der Waals surface area contributed by atoms with Crippen LogP contribution in [0.15, 0.2) is 4.99 Å². The van der Waals surface area contributed by atoms with Crippen LogP contribution in [0.2, 0.25) is 0 Å². The fourth-order valence-electron chi connectivity index (χ4n) is 4.39. The third kappa shape index (κ3) is 5.37. The highest BCUT2D eigenvalue weighted by atomic mass is 15.3. The van der Waals surface area contributed by atoms with E-state index >= 15 is 0 Å². The first-order valence-electron chi connectivity index (χ1n) is 9.82. The van der Waals surface area contributed by atoms with E-state index in [1.165, 1.54) is 64.7 Å². The van der Waals surface area contributed by atoms with Gasteiger partial charge in [0.25, 0.3) is 0 Å². The topological polar surface area (TPSA) is 30.9 Å². The van der Waals surface area contributed by atoms with Crippen molar-refractivity contribution >= 4 is 5.96 Å². The van der Waals surface area contributed by atoms with Crippen molar-refractivity contribution in [1.29, 1.82) is 0 Å². The molecule has 2 aliphatic rings. The maximum atomic E-state index is 4.53. The van der Waals surface area contributed by atoms with Crippen LogP contribution in [0.5, 0.6) is 0 Å². The van der Waals surface area contributed by atoms with Crippen molar-refractivity contribution in [2.24, 2.45) is 22.7 Å². The van der Waals surface area contributed by atoms with E-state index in [1.807, 2.05) is 7.05 Å². The average molecular weight is 323 g/mol. The van der Waals surface area contributed by atoms with Gasteiger partial charge in [-0.15, -0.1) is 0 Å². The molecular weight excluding hydrogens is 284 g/mol. The van der Waals surface area contributed by atoms with Crippen LogP contribution in [0.1, 0.15) is 52.4 Å². The number of likely N-dealkylation sites (tertiary alicyclic amines) is 2. The molecule has 0 bridgehead atoms. The summed E-state index contributed by atoms with van der Waals surface area (Å²) in [6, 6.07) is 0. The molecule has 0 aromatic carbocycles. The van der Waals surface area contributed by atoms with Crippen molar-refractivity contribution in [1.82, 2.24) is 15.1 Å². The number of nitrogens with zero attached hydrogens (tertiary/aromatic N) is 3. The van der Waals surface area contributed by atoms with Gasteiger partial charge >= 0.3 is 0 Å². The van der Waals surface area contributed by atoms with Gasteiger partial charge in [-0.1, -0.05) is 26.7 Å². The fourth-order valence-corrected chi connectivity index (χ4v) is 4.39. The summed E-state index contributed by atoms with van der Waals surface area (Å²) in [7, 11) is 4.17. The van der Waals surface area contributed by atoms with Gasteiger partial charge in [-0.3, -0.25) is 4.99 Å². The van der Waals surface area contributed by atoms with Gasteiger partial charge in [0.05, 0.1) is 0 Å². The third-order valence-corrected chi connectivity index (χ3v) is 6.13. The molecule has 0 amide bonds. The van der Waals surface area contributed by atoms with E-state index in [9.17, 15) is 0 Å². The molecule has 134 valence electrons. The second-order valence-corrected chi connectivity index (χ2v) is 7.58. The van der Waals surface area contributed by atoms with Crippen molar-refractivity contribution in [2.45, 2.75) is 52.4 Å². The first-order chi connectivity index (χ1) is 11.2. The maximum Gasteiger partial charge on any atom is 0.193 e. The number of piperidine rings is 1. The Morgan fingerprint density at radius 3 is 2.43 bits per heavy atom. The SMILES string of the molecule is CCC(CC)C1CCN(C(=NC)NCCC2CCN(C)CC2)C1. The van der Waals surface area contributed by atoms with Gasteiger partial charge in [0.1, 0.15) is 0 Å². The summed E-state index contributed by atoms with van der Waals surface area (Å²) in [5.41, 5.74) is 0. The molecule has 1 N–H and O–H groups in total. The second-order valence-electron chi connectivity index (χ2n) is 7.58. The highest BCUT2D eigenvalue weighted by molar-refractivity contribution is 5.80. The lowest BCUT2D eigenvalue weighted by Crippen LogP contribution is -2.41. The summed E-state index contributed by atoms with van der Waals surface area (Å²) in [4.78, 5) is 9.47. The smallest absolute Gasteiger partial charge is 0.193 e. The lowest BCUT2D eigenvalue weighted by molar-refractivity contribution is 0.212. The molecule has 0 spiro atoms. The van der Waals surface area contributed by atoms with Crippen LogP contribution < -0.4 is 5.32 Å². The first-order valence-corrected chi connectivity index (χ1v) is 9.82. The third-order valence-electron chi connectivity index (χ3n) is 6.13. The molecule has 2 saturated heterocycles. The summed E-state index contributed by atoms with van der Waals surface area (Å²) in [5, 5.41) is 3.63. The van der Waals surface area contributed by atoms with Crippen LogP contribution in [0.3, 0.4) is 0 Å². The van der Waals surface area contributed by atoms with E-state index < -0.39 is 0 Å². The molecule has 1 unspecified atom stereocenters. The summed E-state index contributed by atoms with van der Waals surface area (Å²) < 4.78 is 0. The van der Waals surface area contributed by atoms with Gasteiger partial charge in [-0.2, -0.15) is 0 Å². The Balaban J connectivity index is 1.71. The molecular formula is C19H38N4. The van der Waals surface area contributed by atoms with Crippen LogP contribution in [-0.2, 0) is 0 Å². The van der Waals surface area contributed by atoms with Crippen LogP contribution in [0, 0.1) is 17.8 Å². The van der Waals surface area contributed by atoms with Gasteiger partial charge in [-0.05, 0) is 63.6 Å². The van der Waals surface area contributed by atoms with Gasteiger partial charge in [0.2, 0.25) is 0 Å². The number of rotatable bonds is 6. The number of guanidine groups is 1. The zero-order valence-corrected chi connectivity index (χ0v) is 15.9. The Bertz CT molecular complexity index is 356. The Morgan fingerprint density at radius 1 is 1.13 bits per heavy atom. The standard InChI is InChI=1S/C19H38N4/c1-5-17(6-2)18-10-14-23(15-18)19(20-3)21-11-7-16-8-12-22(4)13-9-16/h16-18H,5-15H2,1-4H3,(H,20,21). The monoisotopic (exact) mass is 322 g/mol. The Hall–Kier alpha value is -0.770. The van der Waals surface area contributed by atoms with Crippen molar-refractivity contribution in [3.8, 4) is 0 Å². The van der Waals surface area contributed by atoms with E-state index in [0.717, 1.165) is 30.3 Å². The molecule has 2 rings (SSSR count). The number of aliphatic imine (C=N–C) groups is 1. The lowest BCUT2D eigenvalue weighted by atomic mass is 9.87. The molecule has 4 nitrogen and oxygen atoms in total. The minimum absolute atomic E-state index is 0.859. The molecule has 2 aliphatic heterocycles. The molecule has 2 fully saturated rings. The number of nitrogens with one attached hydrogen (secondary N) is 1. The van der Waals surface area contributed by atoms with Crippen molar-refractivity contribution < 1.29 is 0 Å². The minimum Gasteiger partial charge on any atom is -0.356 e. The highest BCUT2D eigenvalue weighted by Gasteiger charge is 2.29. The van der Waals surface area contributed by atoms with Crippen molar-refractivity contribution in [3.63, 3.8) is 0 Å². The van der Waals surface area contributed by atoms with Gasteiger partial charge < -0.3 is 15.1 Å². The minimum atomic E-state index is 0.859. The molecule has 0 saturated carbocycles. The van der Waals surface area contributed by atoms with E-state index in [-0.39, 0.29) is 0 Å². The fraction of sp³-hybridized carbons (Fsp3) is 0.947. The van der Waals surface area contributed by atoms with E-state index in [0.29, 0.717) is 0 Å².